The van der Waals surface area contributed by atoms with E-state index in [1.807, 2.05) is 36.4 Å². The summed E-state index contributed by atoms with van der Waals surface area (Å²) in [5.74, 6) is 0. The van der Waals surface area contributed by atoms with E-state index in [-0.39, 0.29) is 0 Å². The van der Waals surface area contributed by atoms with Gasteiger partial charge in [-0.15, -0.1) is 22.7 Å². The van der Waals surface area contributed by atoms with E-state index in [4.69, 9.17) is 21.6 Å². The fourth-order valence-electron chi connectivity index (χ4n) is 2.42. The maximum absolute atomic E-state index is 5.95. The minimum Gasteiger partial charge on any atom is -0.241 e. The van der Waals surface area contributed by atoms with Gasteiger partial charge in [0, 0.05) is 31.4 Å². The number of aromatic nitrogens is 2. The molecule has 2 heterocycles. The largest absolute Gasteiger partial charge is 0.241 e. The Labute approximate surface area is 167 Å². The van der Waals surface area contributed by atoms with E-state index < -0.39 is 0 Å². The van der Waals surface area contributed by atoms with Crippen molar-refractivity contribution in [1.82, 2.24) is 9.97 Å². The monoisotopic (exact) mass is 446 g/mol. The summed E-state index contributed by atoms with van der Waals surface area (Å²) in [5.41, 5.74) is 4.22. The first kappa shape index (κ1) is 16.9. The summed E-state index contributed by atoms with van der Waals surface area (Å²) < 4.78 is 1.07. The van der Waals surface area contributed by atoms with Gasteiger partial charge in [0.1, 0.15) is 10.0 Å². The molecule has 0 spiro atoms. The minimum atomic E-state index is 0.738. The Bertz CT molecular complexity index is 909. The average Bonchev–Trinajstić information content (AvgIpc) is 3.27. The molecular formula is C19H12BrClN2S2. The Morgan fingerprint density at radius 1 is 0.760 bits per heavy atom. The number of hydrogen-bond acceptors (Lipinski definition) is 4. The SMILES string of the molecule is Clc1ccc(-c2csc(Cc3nc(-c4ccc(Br)cc4)cs3)n2)cc1. The van der Waals surface area contributed by atoms with Gasteiger partial charge in [-0.2, -0.15) is 0 Å². The highest BCUT2D eigenvalue weighted by Gasteiger charge is 2.09. The van der Waals surface area contributed by atoms with E-state index in [1.54, 1.807) is 22.7 Å². The van der Waals surface area contributed by atoms with Gasteiger partial charge in [0.05, 0.1) is 17.8 Å². The highest BCUT2D eigenvalue weighted by atomic mass is 79.9. The lowest BCUT2D eigenvalue weighted by molar-refractivity contribution is 1.11. The van der Waals surface area contributed by atoms with Crippen molar-refractivity contribution < 1.29 is 0 Å². The van der Waals surface area contributed by atoms with Gasteiger partial charge in [-0.1, -0.05) is 51.8 Å². The van der Waals surface area contributed by atoms with Gasteiger partial charge in [0.2, 0.25) is 0 Å². The summed E-state index contributed by atoms with van der Waals surface area (Å²) in [7, 11) is 0. The Morgan fingerprint density at radius 2 is 1.24 bits per heavy atom. The van der Waals surface area contributed by atoms with Gasteiger partial charge >= 0.3 is 0 Å². The van der Waals surface area contributed by atoms with Gasteiger partial charge in [-0.3, -0.25) is 0 Å². The lowest BCUT2D eigenvalue weighted by atomic mass is 10.2. The molecule has 4 rings (SSSR count). The molecule has 0 saturated heterocycles. The lowest BCUT2D eigenvalue weighted by Crippen LogP contribution is -1.87. The Morgan fingerprint density at radius 3 is 1.76 bits per heavy atom. The summed E-state index contributed by atoms with van der Waals surface area (Å²) in [5, 5.41) is 7.08. The molecule has 0 bridgehead atoms. The molecule has 0 amide bonds. The first-order valence-electron chi connectivity index (χ1n) is 7.58. The van der Waals surface area contributed by atoms with E-state index >= 15 is 0 Å². The van der Waals surface area contributed by atoms with Crippen LogP contribution in [0.2, 0.25) is 5.02 Å². The van der Waals surface area contributed by atoms with Gasteiger partial charge in [0.25, 0.3) is 0 Å². The summed E-state index contributed by atoms with van der Waals surface area (Å²) >= 11 is 12.8. The summed E-state index contributed by atoms with van der Waals surface area (Å²) in [6, 6.07) is 16.0. The van der Waals surface area contributed by atoms with Crippen LogP contribution in [0, 0.1) is 0 Å². The molecular weight excluding hydrogens is 436 g/mol. The van der Waals surface area contributed by atoms with E-state index in [0.717, 1.165) is 48.4 Å². The van der Waals surface area contributed by atoms with Crippen LogP contribution in [0.15, 0.2) is 63.8 Å². The first-order valence-corrected chi connectivity index (χ1v) is 10.5. The molecule has 0 unspecified atom stereocenters. The van der Waals surface area contributed by atoms with Crippen molar-refractivity contribution in [3.63, 3.8) is 0 Å². The number of benzene rings is 2. The quantitative estimate of drug-likeness (QED) is 0.338. The highest BCUT2D eigenvalue weighted by Crippen LogP contribution is 2.28. The Balaban J connectivity index is 1.51. The molecule has 0 aliphatic carbocycles. The average molecular weight is 448 g/mol. The second kappa shape index (κ2) is 7.38. The second-order valence-electron chi connectivity index (χ2n) is 5.44. The molecule has 2 aromatic carbocycles. The van der Waals surface area contributed by atoms with E-state index in [9.17, 15) is 0 Å². The van der Waals surface area contributed by atoms with Gasteiger partial charge < -0.3 is 0 Å². The molecule has 2 aromatic heterocycles. The zero-order valence-electron chi connectivity index (χ0n) is 12.9. The van der Waals surface area contributed by atoms with Gasteiger partial charge in [0.15, 0.2) is 0 Å². The van der Waals surface area contributed by atoms with Crippen LogP contribution in [0.25, 0.3) is 22.5 Å². The fraction of sp³-hybridized carbons (Fsp3) is 0.0526. The molecule has 0 fully saturated rings. The van der Waals surface area contributed by atoms with E-state index in [1.165, 1.54) is 0 Å². The van der Waals surface area contributed by atoms with Crippen LogP contribution in [0.4, 0.5) is 0 Å². The maximum atomic E-state index is 5.95. The van der Waals surface area contributed by atoms with Crippen LogP contribution in [-0.4, -0.2) is 9.97 Å². The van der Waals surface area contributed by atoms with Gasteiger partial charge in [-0.25, -0.2) is 9.97 Å². The smallest absolute Gasteiger partial charge is 0.100 e. The summed E-state index contributed by atoms with van der Waals surface area (Å²) in [4.78, 5) is 9.49. The number of hydrogen-bond donors (Lipinski definition) is 0. The molecule has 124 valence electrons. The van der Waals surface area contributed by atoms with Crippen molar-refractivity contribution in [2.45, 2.75) is 6.42 Å². The van der Waals surface area contributed by atoms with Crippen LogP contribution < -0.4 is 0 Å². The number of rotatable bonds is 4. The number of halogens is 2. The van der Waals surface area contributed by atoms with Crippen LogP contribution in [-0.2, 0) is 6.42 Å². The Hall–Kier alpha value is -1.53. The zero-order valence-corrected chi connectivity index (χ0v) is 16.9. The zero-order chi connectivity index (χ0) is 17.2. The number of nitrogens with zero attached hydrogens (tertiary/aromatic N) is 2. The molecule has 0 atom stereocenters. The topological polar surface area (TPSA) is 25.8 Å². The molecule has 4 aromatic rings. The lowest BCUT2D eigenvalue weighted by Gasteiger charge is -1.97. The molecule has 0 aliphatic heterocycles. The fourth-order valence-corrected chi connectivity index (χ4v) is 4.52. The summed E-state index contributed by atoms with van der Waals surface area (Å²) in [6.07, 6.45) is 0.763. The molecule has 0 radical (unpaired) electrons. The normalized spacial score (nSPS) is 11.0. The van der Waals surface area contributed by atoms with Crippen LogP contribution >= 0.6 is 50.2 Å². The second-order valence-corrected chi connectivity index (χ2v) is 8.68. The van der Waals surface area contributed by atoms with E-state index in [2.05, 4.69) is 38.8 Å². The van der Waals surface area contributed by atoms with Crippen LogP contribution in [0.5, 0.6) is 0 Å². The highest BCUT2D eigenvalue weighted by molar-refractivity contribution is 9.10. The third kappa shape index (κ3) is 4.01. The van der Waals surface area contributed by atoms with Crippen molar-refractivity contribution in [1.29, 1.82) is 0 Å². The summed E-state index contributed by atoms with van der Waals surface area (Å²) in [6.45, 7) is 0. The van der Waals surface area contributed by atoms with E-state index in [0.29, 0.717) is 0 Å². The predicted molar refractivity (Wildman–Crippen MR) is 111 cm³/mol. The molecule has 0 saturated carbocycles. The third-order valence-corrected chi connectivity index (χ3v) is 6.16. The van der Waals surface area contributed by atoms with Crippen molar-refractivity contribution in [3.8, 4) is 22.5 Å². The minimum absolute atomic E-state index is 0.738. The van der Waals surface area contributed by atoms with Crippen LogP contribution in [0.3, 0.4) is 0 Å². The molecule has 6 heteroatoms. The third-order valence-electron chi connectivity index (χ3n) is 3.69. The first-order chi connectivity index (χ1) is 12.2. The molecule has 2 nitrogen and oxygen atoms in total. The van der Waals surface area contributed by atoms with Crippen molar-refractivity contribution in [3.05, 3.63) is 78.8 Å². The maximum Gasteiger partial charge on any atom is 0.100 e. The molecule has 25 heavy (non-hydrogen) atoms. The Kier molecular flexibility index (Phi) is 4.99. The van der Waals surface area contributed by atoms with Crippen LogP contribution in [0.1, 0.15) is 10.0 Å². The standard InChI is InChI=1S/C19H12BrClN2S2/c20-14-5-1-12(2-6-14)16-10-24-18(22-16)9-19-23-17(11-25-19)13-3-7-15(21)8-4-13/h1-8,10-11H,9H2. The van der Waals surface area contributed by atoms with Crippen molar-refractivity contribution >= 4 is 50.2 Å². The van der Waals surface area contributed by atoms with Crippen molar-refractivity contribution in [2.24, 2.45) is 0 Å². The molecule has 0 aliphatic rings. The van der Waals surface area contributed by atoms with Crippen molar-refractivity contribution in [2.75, 3.05) is 0 Å². The predicted octanol–water partition coefficient (Wildman–Crippen LogP) is 6.94. The molecule has 0 N–H and O–H groups in total. The van der Waals surface area contributed by atoms with Gasteiger partial charge in [-0.05, 0) is 24.3 Å². The number of thiazole rings is 2.